The molecule has 2 aromatic rings. The van der Waals surface area contributed by atoms with Gasteiger partial charge in [-0.1, -0.05) is 18.2 Å². The number of nitrogens with zero attached hydrogens (tertiary/aromatic N) is 2. The van der Waals surface area contributed by atoms with Crippen molar-refractivity contribution in [1.82, 2.24) is 19.9 Å². The molecule has 28 heavy (non-hydrogen) atoms. The Bertz CT molecular complexity index is 918. The minimum Gasteiger partial charge on any atom is -0.361 e. The molecular weight excluding hydrogens is 394 g/mol. The van der Waals surface area contributed by atoms with E-state index in [1.807, 2.05) is 0 Å². The fourth-order valence-electron chi connectivity index (χ4n) is 3.36. The van der Waals surface area contributed by atoms with E-state index >= 15 is 0 Å². The smallest absolute Gasteiger partial charge is 0.215 e. The van der Waals surface area contributed by atoms with Gasteiger partial charge in [0, 0.05) is 61.8 Å². The van der Waals surface area contributed by atoms with Crippen molar-refractivity contribution >= 4 is 38.6 Å². The van der Waals surface area contributed by atoms with Crippen LogP contribution in [0, 0.1) is 6.92 Å². The Morgan fingerprint density at radius 1 is 1.25 bits per heavy atom. The summed E-state index contributed by atoms with van der Waals surface area (Å²) in [5.41, 5.74) is 3.68. The normalized spacial score (nSPS) is 16.4. The molecule has 0 radical (unpaired) electrons. The van der Waals surface area contributed by atoms with Gasteiger partial charge in [0.1, 0.15) is 0 Å². The number of aliphatic imine (C=N–C) groups is 1. The Kier molecular flexibility index (Phi) is 7.25. The van der Waals surface area contributed by atoms with Crippen LogP contribution in [-0.4, -0.2) is 74.2 Å². The molecule has 7 nitrogen and oxygen atoms in total. The molecular formula is C19H29N5O2S2. The zero-order valence-electron chi connectivity index (χ0n) is 16.5. The molecule has 1 aromatic carbocycles. The lowest BCUT2D eigenvalue weighted by atomic mass is 10.1. The second-order valence-corrected chi connectivity index (χ2v) is 10.1. The average molecular weight is 424 g/mol. The maximum atomic E-state index is 12.4. The maximum absolute atomic E-state index is 12.4. The molecule has 0 atom stereocenters. The van der Waals surface area contributed by atoms with E-state index in [2.05, 4.69) is 51.9 Å². The number of aryl methyl sites for hydroxylation is 1. The molecule has 9 heteroatoms. The average Bonchev–Trinajstić information content (AvgIpc) is 3.12. The van der Waals surface area contributed by atoms with Gasteiger partial charge in [-0.3, -0.25) is 4.99 Å². The van der Waals surface area contributed by atoms with Crippen LogP contribution in [0.5, 0.6) is 0 Å². The summed E-state index contributed by atoms with van der Waals surface area (Å²) in [6.07, 6.45) is 2.91. The highest BCUT2D eigenvalue weighted by atomic mass is 32.2. The van der Waals surface area contributed by atoms with E-state index in [4.69, 9.17) is 0 Å². The summed E-state index contributed by atoms with van der Waals surface area (Å²) < 4.78 is 26.4. The second-order valence-electron chi connectivity index (χ2n) is 6.81. The molecule has 0 saturated carbocycles. The van der Waals surface area contributed by atoms with Gasteiger partial charge in [-0.25, -0.2) is 12.7 Å². The number of thioether (sulfide) groups is 1. The van der Waals surface area contributed by atoms with Gasteiger partial charge in [-0.15, -0.1) is 0 Å². The molecule has 1 fully saturated rings. The Balaban J connectivity index is 1.45. The molecule has 0 amide bonds. The predicted molar refractivity (Wildman–Crippen MR) is 119 cm³/mol. The highest BCUT2D eigenvalue weighted by molar-refractivity contribution is 7.99. The Morgan fingerprint density at radius 2 is 2.00 bits per heavy atom. The first-order chi connectivity index (χ1) is 13.5. The largest absolute Gasteiger partial charge is 0.361 e. The van der Waals surface area contributed by atoms with Crippen LogP contribution >= 0.6 is 11.8 Å². The Labute approximate surface area is 171 Å². The summed E-state index contributed by atoms with van der Waals surface area (Å²) in [4.78, 5) is 7.53. The van der Waals surface area contributed by atoms with Crippen LogP contribution in [0.2, 0.25) is 0 Å². The number of fused-ring (bicyclic) bond motifs is 1. The van der Waals surface area contributed by atoms with Gasteiger partial charge in [0.15, 0.2) is 5.96 Å². The number of aromatic amines is 1. The summed E-state index contributed by atoms with van der Waals surface area (Å²) in [6.45, 7) is 4.39. The molecule has 3 rings (SSSR count). The van der Waals surface area contributed by atoms with Crippen LogP contribution < -0.4 is 10.6 Å². The van der Waals surface area contributed by atoms with E-state index in [1.54, 1.807) is 23.1 Å². The topological polar surface area (TPSA) is 89.6 Å². The SMILES string of the molecule is CN=C(NCCc1c[nH]c2c(C)cccc12)NCCS(=O)(=O)N1CCSCC1. The fraction of sp³-hybridized carbons (Fsp3) is 0.526. The van der Waals surface area contributed by atoms with Crippen molar-refractivity contribution in [2.75, 3.05) is 50.5 Å². The number of hydrogen-bond donors (Lipinski definition) is 3. The summed E-state index contributed by atoms with van der Waals surface area (Å²) >= 11 is 1.80. The third-order valence-corrected chi connectivity index (χ3v) is 7.75. The molecule has 154 valence electrons. The first kappa shape index (κ1) is 21.0. The van der Waals surface area contributed by atoms with Crippen LogP contribution in [0.3, 0.4) is 0 Å². The summed E-state index contributed by atoms with van der Waals surface area (Å²) in [5.74, 6) is 2.47. The first-order valence-corrected chi connectivity index (χ1v) is 12.3. The Morgan fingerprint density at radius 3 is 2.75 bits per heavy atom. The number of nitrogens with one attached hydrogen (secondary N) is 3. The number of hydrogen-bond acceptors (Lipinski definition) is 4. The molecule has 0 unspecified atom stereocenters. The van der Waals surface area contributed by atoms with Gasteiger partial charge < -0.3 is 15.6 Å². The van der Waals surface area contributed by atoms with Crippen molar-refractivity contribution < 1.29 is 8.42 Å². The monoisotopic (exact) mass is 423 g/mol. The third kappa shape index (κ3) is 5.21. The fourth-order valence-corrected chi connectivity index (χ4v) is 5.85. The zero-order valence-corrected chi connectivity index (χ0v) is 18.1. The molecule has 0 aliphatic carbocycles. The lowest BCUT2D eigenvalue weighted by Gasteiger charge is -2.25. The van der Waals surface area contributed by atoms with E-state index in [-0.39, 0.29) is 5.75 Å². The van der Waals surface area contributed by atoms with Crippen LogP contribution in [-0.2, 0) is 16.4 Å². The molecule has 1 aliphatic heterocycles. The van der Waals surface area contributed by atoms with Gasteiger partial charge >= 0.3 is 0 Å². The Hall–Kier alpha value is -1.71. The minimum absolute atomic E-state index is 0.0834. The van der Waals surface area contributed by atoms with Crippen LogP contribution in [0.25, 0.3) is 10.9 Å². The lowest BCUT2D eigenvalue weighted by molar-refractivity contribution is 0.443. The number of benzene rings is 1. The first-order valence-electron chi connectivity index (χ1n) is 9.57. The molecule has 0 spiro atoms. The van der Waals surface area contributed by atoms with Crippen molar-refractivity contribution in [2.24, 2.45) is 4.99 Å². The van der Waals surface area contributed by atoms with E-state index in [9.17, 15) is 8.42 Å². The number of H-pyrrole nitrogens is 1. The van der Waals surface area contributed by atoms with Gasteiger partial charge in [-0.2, -0.15) is 11.8 Å². The third-order valence-electron chi connectivity index (χ3n) is 4.94. The summed E-state index contributed by atoms with van der Waals surface area (Å²) in [7, 11) is -1.51. The van der Waals surface area contributed by atoms with Crippen molar-refractivity contribution in [3.05, 3.63) is 35.5 Å². The van der Waals surface area contributed by atoms with E-state index in [0.29, 0.717) is 25.6 Å². The molecule has 1 aliphatic rings. The van der Waals surface area contributed by atoms with Gasteiger partial charge in [0.05, 0.1) is 5.75 Å². The summed E-state index contributed by atoms with van der Waals surface area (Å²) in [5, 5.41) is 7.62. The summed E-state index contributed by atoms with van der Waals surface area (Å²) in [6, 6.07) is 6.30. The van der Waals surface area contributed by atoms with Crippen molar-refractivity contribution in [1.29, 1.82) is 0 Å². The molecule has 0 bridgehead atoms. The standard InChI is InChI=1S/C19H29N5O2S2/c1-15-4-3-5-17-16(14-23-18(15)17)6-7-21-19(20-2)22-8-13-28(25,26)24-9-11-27-12-10-24/h3-5,14,23H,6-13H2,1-2H3,(H2,20,21,22). The number of guanidine groups is 1. The van der Waals surface area contributed by atoms with Gasteiger partial charge in [0.2, 0.25) is 10.0 Å². The van der Waals surface area contributed by atoms with Crippen molar-refractivity contribution in [3.8, 4) is 0 Å². The molecule has 2 heterocycles. The lowest BCUT2D eigenvalue weighted by Crippen LogP contribution is -2.44. The molecule has 3 N–H and O–H groups in total. The number of para-hydroxylation sites is 1. The van der Waals surface area contributed by atoms with Crippen LogP contribution in [0.1, 0.15) is 11.1 Å². The quantitative estimate of drug-likeness (QED) is 0.465. The zero-order chi connectivity index (χ0) is 20.0. The van der Waals surface area contributed by atoms with Crippen LogP contribution in [0.4, 0.5) is 0 Å². The van der Waals surface area contributed by atoms with Gasteiger partial charge in [-0.05, 0) is 24.5 Å². The highest BCUT2D eigenvalue weighted by Gasteiger charge is 2.23. The molecule has 1 saturated heterocycles. The van der Waals surface area contributed by atoms with Crippen molar-refractivity contribution in [2.45, 2.75) is 13.3 Å². The second kappa shape index (κ2) is 9.67. The number of sulfonamides is 1. The highest BCUT2D eigenvalue weighted by Crippen LogP contribution is 2.21. The number of rotatable bonds is 7. The van der Waals surface area contributed by atoms with Gasteiger partial charge in [0.25, 0.3) is 0 Å². The predicted octanol–water partition coefficient (Wildman–Crippen LogP) is 1.56. The minimum atomic E-state index is -3.20. The number of aromatic nitrogens is 1. The maximum Gasteiger partial charge on any atom is 0.215 e. The van der Waals surface area contributed by atoms with Crippen LogP contribution in [0.15, 0.2) is 29.4 Å². The van der Waals surface area contributed by atoms with E-state index in [1.165, 1.54) is 22.0 Å². The van der Waals surface area contributed by atoms with E-state index < -0.39 is 10.0 Å². The van der Waals surface area contributed by atoms with Crippen molar-refractivity contribution in [3.63, 3.8) is 0 Å². The van der Waals surface area contributed by atoms with E-state index in [0.717, 1.165) is 24.5 Å². The molecule has 1 aromatic heterocycles.